The van der Waals surface area contributed by atoms with Crippen molar-refractivity contribution in [3.05, 3.63) is 111 Å². The monoisotopic (exact) mass is 513 g/mol. The Morgan fingerprint density at radius 2 is 1.61 bits per heavy atom. The molecule has 1 N–H and O–H groups in total. The predicted octanol–water partition coefficient (Wildman–Crippen LogP) is 6.00. The smallest absolute Gasteiger partial charge is 0.408 e. The predicted molar refractivity (Wildman–Crippen MR) is 145 cm³/mol. The van der Waals surface area contributed by atoms with Crippen molar-refractivity contribution >= 4 is 23.0 Å². The van der Waals surface area contributed by atoms with E-state index >= 15 is 0 Å². The molecule has 196 valence electrons. The van der Waals surface area contributed by atoms with Crippen LogP contribution in [-0.4, -0.2) is 18.1 Å². The number of hydrogen-bond donors (Lipinski definition) is 1. The summed E-state index contributed by atoms with van der Waals surface area (Å²) >= 11 is 0. The summed E-state index contributed by atoms with van der Waals surface area (Å²) in [6, 6.07) is 21.5. The molecule has 0 saturated carbocycles. The normalized spacial score (nSPS) is 11.7. The van der Waals surface area contributed by atoms with Crippen LogP contribution in [-0.2, 0) is 22.6 Å². The molecule has 1 atom stereocenters. The summed E-state index contributed by atoms with van der Waals surface area (Å²) in [4.78, 5) is 38.5. The Kier molecular flexibility index (Phi) is 8.58. The molecule has 3 aromatic carbocycles. The average molecular weight is 514 g/mol. The maximum absolute atomic E-state index is 13.2. The van der Waals surface area contributed by atoms with E-state index in [0.29, 0.717) is 41.4 Å². The molecule has 0 aliphatic rings. The number of amides is 1. The molecule has 0 saturated heterocycles. The quantitative estimate of drug-likeness (QED) is 0.168. The van der Waals surface area contributed by atoms with Crippen LogP contribution >= 0.6 is 0 Å². The van der Waals surface area contributed by atoms with Gasteiger partial charge >= 0.3 is 17.7 Å². The van der Waals surface area contributed by atoms with Gasteiger partial charge in [0.25, 0.3) is 0 Å². The molecule has 0 spiro atoms. The zero-order valence-electron chi connectivity index (χ0n) is 21.8. The van der Waals surface area contributed by atoms with Crippen LogP contribution in [0.1, 0.15) is 47.6 Å². The largest absolute Gasteiger partial charge is 0.445 e. The second-order valence-electron chi connectivity index (χ2n) is 9.26. The highest BCUT2D eigenvalue weighted by molar-refractivity contribution is 5.92. The zero-order chi connectivity index (χ0) is 27.1. The number of rotatable bonds is 9. The summed E-state index contributed by atoms with van der Waals surface area (Å²) < 4.78 is 16.8. The van der Waals surface area contributed by atoms with Gasteiger partial charge in [0.1, 0.15) is 24.0 Å². The van der Waals surface area contributed by atoms with Crippen LogP contribution in [0.3, 0.4) is 0 Å². The van der Waals surface area contributed by atoms with Gasteiger partial charge in [-0.25, -0.2) is 14.4 Å². The lowest BCUT2D eigenvalue weighted by molar-refractivity contribution is -0.136. The fourth-order valence-corrected chi connectivity index (χ4v) is 4.35. The summed E-state index contributed by atoms with van der Waals surface area (Å²) in [5, 5.41) is 3.18. The van der Waals surface area contributed by atoms with Gasteiger partial charge in [-0.3, -0.25) is 0 Å². The molecule has 0 fully saturated rings. The summed E-state index contributed by atoms with van der Waals surface area (Å²) in [7, 11) is 0. The Labute approximate surface area is 221 Å². The van der Waals surface area contributed by atoms with Gasteiger partial charge in [0, 0.05) is 12.0 Å². The number of carbonyl (C=O) groups is 2. The van der Waals surface area contributed by atoms with Crippen LogP contribution in [0.5, 0.6) is 5.75 Å². The fourth-order valence-electron chi connectivity index (χ4n) is 4.35. The van der Waals surface area contributed by atoms with E-state index in [-0.39, 0.29) is 12.4 Å². The second kappa shape index (κ2) is 12.2. The molecule has 4 aromatic rings. The van der Waals surface area contributed by atoms with Crippen molar-refractivity contribution in [2.75, 3.05) is 0 Å². The molecule has 7 heteroatoms. The van der Waals surface area contributed by atoms with Gasteiger partial charge in [-0.1, -0.05) is 74.0 Å². The lowest BCUT2D eigenvalue weighted by atomic mass is 9.98. The van der Waals surface area contributed by atoms with Gasteiger partial charge in [-0.15, -0.1) is 0 Å². The third-order valence-electron chi connectivity index (χ3n) is 6.29. The number of nitrogens with one attached hydrogen (secondary N) is 1. The third-order valence-corrected chi connectivity index (χ3v) is 6.29. The van der Waals surface area contributed by atoms with Crippen LogP contribution in [0.25, 0.3) is 11.0 Å². The maximum atomic E-state index is 13.2. The minimum Gasteiger partial charge on any atom is -0.445 e. The summed E-state index contributed by atoms with van der Waals surface area (Å²) in [5.74, 6) is -0.341. The lowest BCUT2D eigenvalue weighted by Gasteiger charge is -2.18. The van der Waals surface area contributed by atoms with Crippen LogP contribution in [0.4, 0.5) is 4.79 Å². The minimum atomic E-state index is -0.904. The first-order chi connectivity index (χ1) is 18.4. The van der Waals surface area contributed by atoms with Gasteiger partial charge in [-0.05, 0) is 54.7 Å². The molecular formula is C31H31NO6. The van der Waals surface area contributed by atoms with Gasteiger partial charge < -0.3 is 19.2 Å². The number of ether oxygens (including phenoxy) is 2. The van der Waals surface area contributed by atoms with Gasteiger partial charge in [-0.2, -0.15) is 0 Å². The molecule has 1 unspecified atom stereocenters. The Bertz CT molecular complexity index is 1480. The molecule has 0 aliphatic carbocycles. The van der Waals surface area contributed by atoms with E-state index < -0.39 is 23.7 Å². The van der Waals surface area contributed by atoms with E-state index in [0.717, 1.165) is 16.7 Å². The molecule has 1 aromatic heterocycles. The number of esters is 1. The number of alkyl carbamates (subject to hydrolysis) is 1. The van der Waals surface area contributed by atoms with Crippen LogP contribution in [0.2, 0.25) is 0 Å². The van der Waals surface area contributed by atoms with Crippen molar-refractivity contribution in [2.24, 2.45) is 0 Å². The van der Waals surface area contributed by atoms with E-state index in [2.05, 4.69) is 5.32 Å². The van der Waals surface area contributed by atoms with Gasteiger partial charge in [0.15, 0.2) is 0 Å². The number of fused-ring (bicyclic) bond motifs is 1. The molecule has 1 heterocycles. The SMILES string of the molecule is CCCC(NC(=O)OCc1ccccc1)C(=O)Oc1cc(C)cc2oc(=O)c(Cc3ccccc3)c(C)c12. The first-order valence-electron chi connectivity index (χ1n) is 12.7. The third kappa shape index (κ3) is 6.48. The molecule has 0 bridgehead atoms. The highest BCUT2D eigenvalue weighted by Gasteiger charge is 2.25. The topological polar surface area (TPSA) is 94.8 Å². The van der Waals surface area contributed by atoms with Crippen molar-refractivity contribution in [2.45, 2.75) is 52.7 Å². The number of hydrogen-bond acceptors (Lipinski definition) is 6. The molecule has 7 nitrogen and oxygen atoms in total. The summed E-state index contributed by atoms with van der Waals surface area (Å²) in [6.45, 7) is 5.65. The summed E-state index contributed by atoms with van der Waals surface area (Å²) in [5.41, 5.74) is 3.67. The summed E-state index contributed by atoms with van der Waals surface area (Å²) in [6.07, 6.45) is 0.698. The first kappa shape index (κ1) is 26.7. The first-order valence-corrected chi connectivity index (χ1v) is 12.7. The molecule has 4 rings (SSSR count). The van der Waals surface area contributed by atoms with Crippen LogP contribution < -0.4 is 15.7 Å². The average Bonchev–Trinajstić information content (AvgIpc) is 2.90. The zero-order valence-corrected chi connectivity index (χ0v) is 21.8. The van der Waals surface area contributed by atoms with Crippen molar-refractivity contribution in [3.63, 3.8) is 0 Å². The second-order valence-corrected chi connectivity index (χ2v) is 9.26. The Balaban J connectivity index is 1.58. The van der Waals surface area contributed by atoms with E-state index in [4.69, 9.17) is 13.9 Å². The number of aryl methyl sites for hydroxylation is 2. The Hall–Kier alpha value is -4.39. The van der Waals surface area contributed by atoms with Gasteiger partial charge in [0.05, 0.1) is 5.39 Å². The van der Waals surface area contributed by atoms with Crippen LogP contribution in [0, 0.1) is 13.8 Å². The number of benzene rings is 3. The van der Waals surface area contributed by atoms with Gasteiger partial charge in [0.2, 0.25) is 0 Å². The van der Waals surface area contributed by atoms with E-state index in [1.807, 2.05) is 81.4 Å². The number of carbonyl (C=O) groups excluding carboxylic acids is 2. The molecule has 1 amide bonds. The molecule has 38 heavy (non-hydrogen) atoms. The maximum Gasteiger partial charge on any atom is 0.408 e. The molecule has 0 aliphatic heterocycles. The van der Waals surface area contributed by atoms with Crippen molar-refractivity contribution in [1.29, 1.82) is 0 Å². The van der Waals surface area contributed by atoms with Crippen molar-refractivity contribution < 1.29 is 23.5 Å². The molecule has 0 radical (unpaired) electrons. The minimum absolute atomic E-state index is 0.0888. The Morgan fingerprint density at radius 3 is 2.26 bits per heavy atom. The molecular weight excluding hydrogens is 482 g/mol. The van der Waals surface area contributed by atoms with Crippen molar-refractivity contribution in [3.8, 4) is 5.75 Å². The highest BCUT2D eigenvalue weighted by atomic mass is 16.6. The standard InChI is InChI=1S/C31H31NO6/c1-4-11-25(32-31(35)36-19-23-14-9-6-10-15-23)30(34)38-27-17-20(2)16-26-28(27)21(3)24(29(33)37-26)18-22-12-7-5-8-13-22/h5-10,12-17,25H,4,11,18-19H2,1-3H3,(H,32,35). The van der Waals surface area contributed by atoms with E-state index in [1.165, 1.54) is 0 Å². The van der Waals surface area contributed by atoms with Crippen LogP contribution in [0.15, 0.2) is 82.0 Å². The lowest BCUT2D eigenvalue weighted by Crippen LogP contribution is -2.43. The van der Waals surface area contributed by atoms with E-state index in [9.17, 15) is 14.4 Å². The Morgan fingerprint density at radius 1 is 0.947 bits per heavy atom. The van der Waals surface area contributed by atoms with E-state index in [1.54, 1.807) is 12.1 Å². The highest BCUT2D eigenvalue weighted by Crippen LogP contribution is 2.32. The van der Waals surface area contributed by atoms with Crippen molar-refractivity contribution in [1.82, 2.24) is 5.32 Å². The fraction of sp³-hybridized carbons (Fsp3) is 0.258.